The molecular weight excluding hydrogens is 272 g/mol. The second-order valence-electron chi connectivity index (χ2n) is 4.54. The van der Waals surface area contributed by atoms with Crippen LogP contribution in [0.3, 0.4) is 0 Å². The van der Waals surface area contributed by atoms with Gasteiger partial charge in [0, 0.05) is 36.8 Å². The molecule has 0 saturated heterocycles. The molecule has 0 fully saturated rings. The fourth-order valence-electron chi connectivity index (χ4n) is 1.57. The highest BCUT2D eigenvalue weighted by Crippen LogP contribution is 2.32. The van der Waals surface area contributed by atoms with Crippen LogP contribution in [0.5, 0.6) is 0 Å². The van der Waals surface area contributed by atoms with E-state index in [0.717, 1.165) is 15.7 Å². The fraction of sp³-hybridized carbons (Fsp3) is 0.286. The highest BCUT2D eigenvalue weighted by atomic mass is 32.2. The summed E-state index contributed by atoms with van der Waals surface area (Å²) in [5.74, 6) is -0.276. The van der Waals surface area contributed by atoms with Crippen molar-refractivity contribution in [3.05, 3.63) is 36.7 Å². The Morgan fingerprint density at radius 1 is 1.50 bits per heavy atom. The van der Waals surface area contributed by atoms with Crippen LogP contribution in [-0.4, -0.2) is 22.0 Å². The maximum absolute atomic E-state index is 11.9. The molecule has 5 nitrogen and oxygen atoms in total. The minimum absolute atomic E-state index is 0.0691. The van der Waals surface area contributed by atoms with Gasteiger partial charge in [0.2, 0.25) is 5.91 Å². The van der Waals surface area contributed by atoms with Crippen LogP contribution >= 0.6 is 11.8 Å². The summed E-state index contributed by atoms with van der Waals surface area (Å²) in [4.78, 5) is 17.2. The van der Waals surface area contributed by atoms with Gasteiger partial charge in [-0.05, 0) is 23.9 Å². The molecule has 6 heteroatoms. The number of aromatic nitrogens is 2. The van der Waals surface area contributed by atoms with E-state index < -0.39 is 0 Å². The summed E-state index contributed by atoms with van der Waals surface area (Å²) < 4.78 is 1.94. The Hall–Kier alpha value is -1.79. The molecule has 1 aromatic heterocycles. The largest absolute Gasteiger partial charge is 0.330 e. The van der Waals surface area contributed by atoms with E-state index >= 15 is 0 Å². The molecule has 0 aliphatic rings. The van der Waals surface area contributed by atoms with E-state index in [2.05, 4.69) is 10.3 Å². The van der Waals surface area contributed by atoms with E-state index in [1.165, 1.54) is 11.8 Å². The first-order valence-electron chi connectivity index (χ1n) is 6.37. The molecule has 3 N–H and O–H groups in total. The number of anilines is 1. The maximum Gasteiger partial charge on any atom is 0.228 e. The predicted molar refractivity (Wildman–Crippen MR) is 80.6 cm³/mol. The number of aryl methyl sites for hydroxylation is 1. The molecule has 20 heavy (non-hydrogen) atoms. The van der Waals surface area contributed by atoms with Gasteiger partial charge in [-0.1, -0.05) is 19.1 Å². The van der Waals surface area contributed by atoms with Gasteiger partial charge >= 0.3 is 0 Å². The molecule has 0 saturated carbocycles. The molecule has 1 amide bonds. The number of para-hydroxylation sites is 1. The summed E-state index contributed by atoms with van der Waals surface area (Å²) >= 11 is 1.51. The number of nitrogens with two attached hydrogens (primary N) is 1. The minimum atomic E-state index is -0.207. The van der Waals surface area contributed by atoms with E-state index in [9.17, 15) is 4.79 Å². The SMILES string of the molecule is CC(CN)C(=O)Nc1ccccc1Sc1nccn1C. The lowest BCUT2D eigenvalue weighted by atomic mass is 10.1. The Balaban J connectivity index is 2.18. The van der Waals surface area contributed by atoms with Gasteiger partial charge in [-0.3, -0.25) is 4.79 Å². The summed E-state index contributed by atoms with van der Waals surface area (Å²) in [7, 11) is 1.94. The summed E-state index contributed by atoms with van der Waals surface area (Å²) in [6, 6.07) is 7.67. The zero-order valence-corrected chi connectivity index (χ0v) is 12.4. The number of hydrogen-bond acceptors (Lipinski definition) is 4. The average Bonchev–Trinajstić information content (AvgIpc) is 2.85. The topological polar surface area (TPSA) is 72.9 Å². The molecule has 0 spiro atoms. The van der Waals surface area contributed by atoms with E-state index in [1.807, 2.05) is 49.0 Å². The van der Waals surface area contributed by atoms with Gasteiger partial charge < -0.3 is 15.6 Å². The van der Waals surface area contributed by atoms with E-state index in [0.29, 0.717) is 6.54 Å². The number of hydrogen-bond donors (Lipinski definition) is 2. The molecular formula is C14H18N4OS. The first kappa shape index (κ1) is 14.6. The third-order valence-electron chi connectivity index (χ3n) is 2.92. The Morgan fingerprint density at radius 3 is 2.90 bits per heavy atom. The zero-order valence-electron chi connectivity index (χ0n) is 11.5. The number of imidazole rings is 1. The smallest absolute Gasteiger partial charge is 0.228 e. The van der Waals surface area contributed by atoms with Gasteiger partial charge in [0.15, 0.2) is 5.16 Å². The van der Waals surface area contributed by atoms with Gasteiger partial charge in [-0.2, -0.15) is 0 Å². The average molecular weight is 290 g/mol. The summed E-state index contributed by atoms with van der Waals surface area (Å²) in [5, 5.41) is 3.79. The molecule has 0 aliphatic carbocycles. The van der Waals surface area contributed by atoms with Crippen LogP contribution in [0.2, 0.25) is 0 Å². The molecule has 1 heterocycles. The van der Waals surface area contributed by atoms with Gasteiger partial charge in [0.05, 0.1) is 5.69 Å². The molecule has 1 unspecified atom stereocenters. The number of amides is 1. The number of carbonyl (C=O) groups excluding carboxylic acids is 1. The van der Waals surface area contributed by atoms with Crippen LogP contribution in [-0.2, 0) is 11.8 Å². The van der Waals surface area contributed by atoms with Gasteiger partial charge in [0.25, 0.3) is 0 Å². The highest BCUT2D eigenvalue weighted by molar-refractivity contribution is 7.99. The number of nitrogens with zero attached hydrogens (tertiary/aromatic N) is 2. The van der Waals surface area contributed by atoms with Crippen LogP contribution in [0.4, 0.5) is 5.69 Å². The van der Waals surface area contributed by atoms with Crippen molar-refractivity contribution in [2.75, 3.05) is 11.9 Å². The van der Waals surface area contributed by atoms with Crippen LogP contribution in [0, 0.1) is 5.92 Å². The third-order valence-corrected chi connectivity index (χ3v) is 4.08. The van der Waals surface area contributed by atoms with Crippen molar-refractivity contribution in [2.45, 2.75) is 17.0 Å². The Bertz CT molecular complexity index is 596. The van der Waals surface area contributed by atoms with Crippen LogP contribution in [0.15, 0.2) is 46.7 Å². The summed E-state index contributed by atoms with van der Waals surface area (Å²) in [5.41, 5.74) is 6.30. The lowest BCUT2D eigenvalue weighted by Gasteiger charge is -2.13. The Morgan fingerprint density at radius 2 is 2.25 bits per heavy atom. The molecule has 0 bridgehead atoms. The van der Waals surface area contributed by atoms with Crippen LogP contribution in [0.25, 0.3) is 0 Å². The Labute approximate surface area is 122 Å². The van der Waals surface area contributed by atoms with Crippen molar-refractivity contribution >= 4 is 23.4 Å². The molecule has 1 atom stereocenters. The fourth-order valence-corrected chi connectivity index (χ4v) is 2.46. The zero-order chi connectivity index (χ0) is 14.5. The quantitative estimate of drug-likeness (QED) is 0.884. The standard InChI is InChI=1S/C14H18N4OS/c1-10(9-15)13(19)17-11-5-3-4-6-12(11)20-14-16-7-8-18(14)2/h3-8,10H,9,15H2,1-2H3,(H,17,19). The van der Waals surface area contributed by atoms with Crippen LogP contribution in [0.1, 0.15) is 6.92 Å². The first-order chi connectivity index (χ1) is 9.61. The molecule has 2 aromatic rings. The van der Waals surface area contributed by atoms with Crippen molar-refractivity contribution in [3.63, 3.8) is 0 Å². The highest BCUT2D eigenvalue weighted by Gasteiger charge is 2.14. The van der Waals surface area contributed by atoms with Crippen molar-refractivity contribution in [3.8, 4) is 0 Å². The van der Waals surface area contributed by atoms with Crippen LogP contribution < -0.4 is 11.1 Å². The first-order valence-corrected chi connectivity index (χ1v) is 7.18. The van der Waals surface area contributed by atoms with Crippen molar-refractivity contribution < 1.29 is 4.79 Å². The Kier molecular flexibility index (Phi) is 4.81. The lowest BCUT2D eigenvalue weighted by Crippen LogP contribution is -2.26. The molecule has 0 radical (unpaired) electrons. The number of rotatable bonds is 5. The summed E-state index contributed by atoms with van der Waals surface area (Å²) in [6.07, 6.45) is 3.64. The number of nitrogens with one attached hydrogen (secondary N) is 1. The minimum Gasteiger partial charge on any atom is -0.330 e. The van der Waals surface area contributed by atoms with E-state index in [4.69, 9.17) is 5.73 Å². The second-order valence-corrected chi connectivity index (χ2v) is 5.55. The monoisotopic (exact) mass is 290 g/mol. The predicted octanol–water partition coefficient (Wildman–Crippen LogP) is 2.10. The molecule has 0 aliphatic heterocycles. The molecule has 106 valence electrons. The summed E-state index contributed by atoms with van der Waals surface area (Å²) in [6.45, 7) is 2.14. The lowest BCUT2D eigenvalue weighted by molar-refractivity contribution is -0.119. The van der Waals surface area contributed by atoms with Crippen molar-refractivity contribution in [1.82, 2.24) is 9.55 Å². The number of benzene rings is 1. The van der Waals surface area contributed by atoms with Crippen molar-refractivity contribution in [2.24, 2.45) is 18.7 Å². The third kappa shape index (κ3) is 3.40. The van der Waals surface area contributed by atoms with Gasteiger partial charge in [-0.15, -0.1) is 0 Å². The van der Waals surface area contributed by atoms with Gasteiger partial charge in [0.1, 0.15) is 0 Å². The van der Waals surface area contributed by atoms with Crippen molar-refractivity contribution in [1.29, 1.82) is 0 Å². The normalized spacial score (nSPS) is 12.2. The maximum atomic E-state index is 11.9. The van der Waals surface area contributed by atoms with E-state index in [-0.39, 0.29) is 11.8 Å². The van der Waals surface area contributed by atoms with Gasteiger partial charge in [-0.25, -0.2) is 4.98 Å². The number of carbonyl (C=O) groups is 1. The molecule has 1 aromatic carbocycles. The van der Waals surface area contributed by atoms with E-state index in [1.54, 1.807) is 6.20 Å². The molecule has 2 rings (SSSR count). The second kappa shape index (κ2) is 6.58.